The zero-order chi connectivity index (χ0) is 21.6. The Morgan fingerprint density at radius 2 is 1.61 bits per heavy atom. The first-order chi connectivity index (χ1) is 15.1. The summed E-state index contributed by atoms with van der Waals surface area (Å²) in [7, 11) is 0. The molecule has 4 heteroatoms. The monoisotopic (exact) mass is 413 g/mol. The molecule has 1 N–H and O–H groups in total. The number of nitrogens with one attached hydrogen (secondary N) is 1. The molecule has 0 radical (unpaired) electrons. The molecule has 3 aromatic carbocycles. The molecule has 1 amide bonds. The van der Waals surface area contributed by atoms with E-state index in [9.17, 15) is 9.59 Å². The van der Waals surface area contributed by atoms with Crippen molar-refractivity contribution in [3.63, 3.8) is 0 Å². The Labute approximate surface area is 183 Å². The number of benzene rings is 3. The smallest absolute Gasteiger partial charge is 0.311 e. The Morgan fingerprint density at radius 3 is 2.39 bits per heavy atom. The number of carbonyl (C=O) groups excluding carboxylic acids is 2. The van der Waals surface area contributed by atoms with E-state index in [2.05, 4.69) is 17.4 Å². The Bertz CT molecular complexity index is 1040. The van der Waals surface area contributed by atoms with Crippen LogP contribution in [0.15, 0.2) is 78.9 Å². The third-order valence-corrected chi connectivity index (χ3v) is 5.77. The van der Waals surface area contributed by atoms with Gasteiger partial charge in [0, 0.05) is 0 Å². The average molecular weight is 414 g/mol. The largest absolute Gasteiger partial charge is 0.452 e. The van der Waals surface area contributed by atoms with E-state index in [1.165, 1.54) is 11.1 Å². The van der Waals surface area contributed by atoms with Gasteiger partial charge in [-0.15, -0.1) is 0 Å². The van der Waals surface area contributed by atoms with Crippen LogP contribution in [-0.4, -0.2) is 18.0 Å². The SMILES string of the molecule is C[C@@H](OC(=O)Cc1ccc(-c2ccccc2)cc1)C(=O)N[C@@H]1CCCc2ccccc21. The summed E-state index contributed by atoms with van der Waals surface area (Å²) >= 11 is 0. The maximum Gasteiger partial charge on any atom is 0.311 e. The van der Waals surface area contributed by atoms with Crippen molar-refractivity contribution in [2.45, 2.75) is 44.8 Å². The number of hydrogen-bond donors (Lipinski definition) is 1. The highest BCUT2D eigenvalue weighted by Gasteiger charge is 2.25. The van der Waals surface area contributed by atoms with Crippen LogP contribution >= 0.6 is 0 Å². The van der Waals surface area contributed by atoms with Crippen LogP contribution in [0.1, 0.15) is 42.5 Å². The molecule has 4 nitrogen and oxygen atoms in total. The van der Waals surface area contributed by atoms with E-state index in [4.69, 9.17) is 4.74 Å². The molecule has 0 saturated heterocycles. The Kier molecular flexibility index (Phi) is 6.46. The third kappa shape index (κ3) is 5.21. The van der Waals surface area contributed by atoms with Crippen molar-refractivity contribution in [2.24, 2.45) is 0 Å². The number of esters is 1. The van der Waals surface area contributed by atoms with Crippen LogP contribution < -0.4 is 5.32 Å². The van der Waals surface area contributed by atoms with Gasteiger partial charge in [0.25, 0.3) is 5.91 Å². The minimum Gasteiger partial charge on any atom is -0.452 e. The van der Waals surface area contributed by atoms with Crippen molar-refractivity contribution >= 4 is 11.9 Å². The van der Waals surface area contributed by atoms with Crippen LogP contribution in [0.4, 0.5) is 0 Å². The van der Waals surface area contributed by atoms with Gasteiger partial charge in [-0.3, -0.25) is 9.59 Å². The number of carbonyl (C=O) groups is 2. The van der Waals surface area contributed by atoms with Crippen LogP contribution in [0.5, 0.6) is 0 Å². The predicted molar refractivity (Wildman–Crippen MR) is 121 cm³/mol. The number of aryl methyl sites for hydroxylation is 1. The molecule has 0 aliphatic heterocycles. The molecule has 0 bridgehead atoms. The molecule has 0 unspecified atom stereocenters. The zero-order valence-corrected chi connectivity index (χ0v) is 17.7. The molecule has 4 rings (SSSR count). The topological polar surface area (TPSA) is 55.4 Å². The summed E-state index contributed by atoms with van der Waals surface area (Å²) in [6.45, 7) is 1.63. The molecule has 31 heavy (non-hydrogen) atoms. The van der Waals surface area contributed by atoms with E-state index in [1.807, 2.05) is 66.7 Å². The quantitative estimate of drug-likeness (QED) is 0.577. The van der Waals surface area contributed by atoms with Gasteiger partial charge in [0.05, 0.1) is 12.5 Å². The molecule has 158 valence electrons. The van der Waals surface area contributed by atoms with E-state index in [1.54, 1.807) is 6.92 Å². The van der Waals surface area contributed by atoms with Crippen LogP contribution in [0.3, 0.4) is 0 Å². The fraction of sp³-hybridized carbons (Fsp3) is 0.259. The van der Waals surface area contributed by atoms with Crippen LogP contribution in [-0.2, 0) is 27.2 Å². The summed E-state index contributed by atoms with van der Waals surface area (Å²) in [5.41, 5.74) is 5.53. The van der Waals surface area contributed by atoms with Crippen molar-refractivity contribution < 1.29 is 14.3 Å². The molecule has 0 heterocycles. The standard InChI is InChI=1S/C27H27NO3/c1-19(27(30)28-25-13-7-11-23-10-5-6-12-24(23)25)31-26(29)18-20-14-16-22(17-15-20)21-8-3-2-4-9-21/h2-6,8-10,12,14-17,19,25H,7,11,13,18H2,1H3,(H,28,30)/t19-,25-/m1/s1. The highest BCUT2D eigenvalue weighted by atomic mass is 16.5. The van der Waals surface area contributed by atoms with Crippen LogP contribution in [0, 0.1) is 0 Å². The molecule has 0 spiro atoms. The van der Waals surface area contributed by atoms with Gasteiger partial charge in [0.15, 0.2) is 6.10 Å². The lowest BCUT2D eigenvalue weighted by Gasteiger charge is -2.27. The van der Waals surface area contributed by atoms with Crippen LogP contribution in [0.25, 0.3) is 11.1 Å². The number of fused-ring (bicyclic) bond motifs is 1. The lowest BCUT2D eigenvalue weighted by Crippen LogP contribution is -2.39. The second-order valence-electron chi connectivity index (χ2n) is 8.02. The van der Waals surface area contributed by atoms with E-state index in [0.29, 0.717) is 0 Å². The third-order valence-electron chi connectivity index (χ3n) is 5.77. The van der Waals surface area contributed by atoms with Crippen molar-refractivity contribution in [3.8, 4) is 11.1 Å². The minimum absolute atomic E-state index is 0.0240. The van der Waals surface area contributed by atoms with Gasteiger partial charge < -0.3 is 10.1 Å². The van der Waals surface area contributed by atoms with Gasteiger partial charge in [-0.25, -0.2) is 0 Å². The van der Waals surface area contributed by atoms with Crippen molar-refractivity contribution in [2.75, 3.05) is 0 Å². The summed E-state index contributed by atoms with van der Waals surface area (Å²) in [6.07, 6.45) is 2.28. The highest BCUT2D eigenvalue weighted by molar-refractivity contribution is 5.84. The zero-order valence-electron chi connectivity index (χ0n) is 17.7. The molecule has 1 aliphatic rings. The van der Waals surface area contributed by atoms with Crippen molar-refractivity contribution in [1.82, 2.24) is 5.32 Å². The predicted octanol–water partition coefficient (Wildman–Crippen LogP) is 5.02. The molecule has 0 fully saturated rings. The summed E-state index contributed by atoms with van der Waals surface area (Å²) in [5.74, 6) is -0.659. The number of ether oxygens (including phenoxy) is 1. The van der Waals surface area contributed by atoms with E-state index < -0.39 is 12.1 Å². The summed E-state index contributed by atoms with van der Waals surface area (Å²) in [5, 5.41) is 3.05. The molecular weight excluding hydrogens is 386 g/mol. The molecule has 1 aliphatic carbocycles. The van der Waals surface area contributed by atoms with Gasteiger partial charge >= 0.3 is 5.97 Å². The lowest BCUT2D eigenvalue weighted by molar-refractivity contribution is -0.154. The molecule has 0 saturated carbocycles. The number of hydrogen-bond acceptors (Lipinski definition) is 3. The van der Waals surface area contributed by atoms with Crippen LogP contribution in [0.2, 0.25) is 0 Å². The molecule has 2 atom stereocenters. The Morgan fingerprint density at radius 1 is 0.935 bits per heavy atom. The number of amides is 1. The van der Waals surface area contributed by atoms with Gasteiger partial charge in [0.2, 0.25) is 0 Å². The molecular formula is C27H27NO3. The first-order valence-corrected chi connectivity index (χ1v) is 10.8. The van der Waals surface area contributed by atoms with Gasteiger partial charge in [-0.1, -0.05) is 78.9 Å². The average Bonchev–Trinajstić information content (AvgIpc) is 2.80. The lowest BCUT2D eigenvalue weighted by atomic mass is 9.87. The summed E-state index contributed by atoms with van der Waals surface area (Å²) < 4.78 is 5.41. The molecule has 3 aromatic rings. The normalized spacial score (nSPS) is 16.1. The van der Waals surface area contributed by atoms with Gasteiger partial charge in [-0.05, 0) is 54.0 Å². The summed E-state index contributed by atoms with van der Waals surface area (Å²) in [4.78, 5) is 25.0. The van der Waals surface area contributed by atoms with Crippen molar-refractivity contribution in [1.29, 1.82) is 0 Å². The molecule has 0 aromatic heterocycles. The maximum absolute atomic E-state index is 12.6. The number of rotatable bonds is 6. The first kappa shape index (κ1) is 20.9. The van der Waals surface area contributed by atoms with E-state index in [0.717, 1.165) is 36.0 Å². The second-order valence-corrected chi connectivity index (χ2v) is 8.02. The minimum atomic E-state index is -0.829. The summed E-state index contributed by atoms with van der Waals surface area (Å²) in [6, 6.07) is 26.1. The highest BCUT2D eigenvalue weighted by Crippen LogP contribution is 2.29. The van der Waals surface area contributed by atoms with Crippen molar-refractivity contribution in [3.05, 3.63) is 95.6 Å². The Hall–Kier alpha value is -3.40. The second kappa shape index (κ2) is 9.61. The van der Waals surface area contributed by atoms with E-state index in [-0.39, 0.29) is 18.4 Å². The fourth-order valence-corrected chi connectivity index (χ4v) is 4.10. The fourth-order valence-electron chi connectivity index (χ4n) is 4.10. The maximum atomic E-state index is 12.6. The van der Waals surface area contributed by atoms with Gasteiger partial charge in [0.1, 0.15) is 0 Å². The Balaban J connectivity index is 1.31. The van der Waals surface area contributed by atoms with E-state index >= 15 is 0 Å². The first-order valence-electron chi connectivity index (χ1n) is 10.8. The van der Waals surface area contributed by atoms with Gasteiger partial charge in [-0.2, -0.15) is 0 Å².